The van der Waals surface area contributed by atoms with Crippen molar-refractivity contribution in [2.45, 2.75) is 25.2 Å². The maximum Gasteiger partial charge on any atom is 0.282 e. The molecule has 0 bridgehead atoms. The molecule has 2 fully saturated rings. The number of thiazole rings is 1. The van der Waals surface area contributed by atoms with Crippen molar-refractivity contribution in [2.75, 3.05) is 62.7 Å². The van der Waals surface area contributed by atoms with Crippen molar-refractivity contribution in [2.24, 2.45) is 0 Å². The number of hydrogen-bond donors (Lipinski definition) is 0. The first kappa shape index (κ1) is 29.4. The summed E-state index contributed by atoms with van der Waals surface area (Å²) in [5.74, 6) is -3.91. The molecule has 2 aliphatic heterocycles. The van der Waals surface area contributed by atoms with E-state index in [0.717, 1.165) is 36.2 Å². The fourth-order valence-corrected chi connectivity index (χ4v) is 7.27. The number of aryl methyl sites for hydroxylation is 1. The van der Waals surface area contributed by atoms with Crippen molar-refractivity contribution in [1.29, 1.82) is 5.26 Å². The molecule has 2 aromatic carbocycles. The van der Waals surface area contributed by atoms with Gasteiger partial charge in [0.15, 0.2) is 10.9 Å². The average molecular weight is 636 g/mol. The van der Waals surface area contributed by atoms with Crippen LogP contribution in [0.4, 0.5) is 34.1 Å². The minimum absolute atomic E-state index is 0.0827. The normalized spacial score (nSPS) is 17.7. The number of nitrogens with zero attached hydrogens (tertiary/aromatic N) is 7. The second kappa shape index (κ2) is 11.3. The summed E-state index contributed by atoms with van der Waals surface area (Å²) in [7, 11) is 1.86. The number of anilines is 3. The fraction of sp³-hybridized carbons (Fsp3) is 0.375. The smallest absolute Gasteiger partial charge is 0.282 e. The van der Waals surface area contributed by atoms with Crippen LogP contribution in [-0.4, -0.2) is 84.5 Å². The predicted octanol–water partition coefficient (Wildman–Crippen LogP) is 5.36. The Morgan fingerprint density at radius 1 is 1.07 bits per heavy atom. The first-order valence-electron chi connectivity index (χ1n) is 14.8. The van der Waals surface area contributed by atoms with E-state index in [1.54, 1.807) is 12.1 Å². The third-order valence-corrected chi connectivity index (χ3v) is 9.81. The molecule has 4 heterocycles. The molecule has 0 radical (unpaired) electrons. The summed E-state index contributed by atoms with van der Waals surface area (Å²) in [5, 5.41) is 11.1. The number of pyridine rings is 1. The zero-order valence-corrected chi connectivity index (χ0v) is 25.3. The van der Waals surface area contributed by atoms with Crippen LogP contribution >= 0.6 is 11.3 Å². The van der Waals surface area contributed by atoms with Crippen LogP contribution in [0.3, 0.4) is 0 Å². The number of aromatic nitrogens is 2. The number of piperazine rings is 1. The number of likely N-dealkylation sites (tertiary alicyclic amines) is 1. The summed E-state index contributed by atoms with van der Waals surface area (Å²) in [6.07, 6.45) is 2.41. The molecule has 7 rings (SSSR count). The van der Waals surface area contributed by atoms with Crippen LogP contribution in [-0.2, 0) is 17.6 Å². The molecular weight excluding hydrogens is 606 g/mol. The fourth-order valence-electron chi connectivity index (χ4n) is 6.42. The van der Waals surface area contributed by atoms with Gasteiger partial charge in [0.25, 0.3) is 5.92 Å². The van der Waals surface area contributed by atoms with E-state index >= 15 is 4.39 Å². The maximum atomic E-state index is 15.8. The summed E-state index contributed by atoms with van der Waals surface area (Å²) in [6, 6.07) is 11.5. The Morgan fingerprint density at radius 3 is 2.49 bits per heavy atom. The molecular formula is C32H29F4N7OS. The van der Waals surface area contributed by atoms with Crippen LogP contribution < -0.4 is 9.80 Å². The van der Waals surface area contributed by atoms with Crippen LogP contribution in [0.5, 0.6) is 0 Å². The highest BCUT2D eigenvalue weighted by molar-refractivity contribution is 7.16. The third kappa shape index (κ3) is 5.46. The molecule has 0 atom stereocenters. The number of alkyl halides is 2. The highest BCUT2D eigenvalue weighted by atomic mass is 32.1. The lowest BCUT2D eigenvalue weighted by atomic mass is 10.0. The minimum atomic E-state index is -2.79. The molecule has 2 aromatic heterocycles. The number of rotatable bonds is 6. The van der Waals surface area contributed by atoms with Crippen LogP contribution in [0.25, 0.3) is 22.2 Å². The van der Waals surface area contributed by atoms with E-state index in [9.17, 15) is 23.2 Å². The number of halogens is 4. The first-order chi connectivity index (χ1) is 21.6. The number of hydrogen-bond acceptors (Lipinski definition) is 8. The molecule has 1 aliphatic carbocycles. The third-order valence-electron chi connectivity index (χ3n) is 8.78. The first-order valence-corrected chi connectivity index (χ1v) is 15.6. The molecule has 0 spiro atoms. The SMILES string of the molecule is CN(c1nc(-c2ccc(F)cc2)c(C#N)s1)c1c2c(nc3c(F)cc(N4CCN(CC(=O)N5CC(F)(F)C5)CC4)cc13)CCC2. The summed E-state index contributed by atoms with van der Waals surface area (Å²) < 4.78 is 55.8. The van der Waals surface area contributed by atoms with E-state index in [1.165, 1.54) is 34.4 Å². The van der Waals surface area contributed by atoms with Gasteiger partial charge >= 0.3 is 0 Å². The van der Waals surface area contributed by atoms with Crippen molar-refractivity contribution in [3.63, 3.8) is 0 Å². The van der Waals surface area contributed by atoms with E-state index in [4.69, 9.17) is 9.97 Å². The van der Waals surface area contributed by atoms with Gasteiger partial charge in [-0.05, 0) is 61.2 Å². The molecule has 13 heteroatoms. The van der Waals surface area contributed by atoms with Gasteiger partial charge in [0, 0.05) is 55.6 Å². The minimum Gasteiger partial charge on any atom is -0.369 e. The van der Waals surface area contributed by atoms with Gasteiger partial charge in [-0.2, -0.15) is 5.26 Å². The van der Waals surface area contributed by atoms with Crippen molar-refractivity contribution in [3.8, 4) is 17.3 Å². The Hall–Kier alpha value is -4.28. The molecule has 8 nitrogen and oxygen atoms in total. The number of carbonyl (C=O) groups is 1. The second-order valence-corrected chi connectivity index (χ2v) is 12.8. The number of amides is 1. The molecule has 232 valence electrons. The molecule has 2 saturated heterocycles. The lowest BCUT2D eigenvalue weighted by molar-refractivity contribution is -0.166. The zero-order valence-electron chi connectivity index (χ0n) is 24.5. The standard InChI is InChI=1S/C32H29F4N7OS/c1-40(31-39-28(26(15-37)45-31)19-5-7-20(33)8-6-19)30-22-3-2-4-25(22)38-29-23(30)13-21(14-24(29)34)42-11-9-41(10-12-42)16-27(44)43-17-32(35,36)18-43/h5-8,13-14H,2-4,9-12,16-18H2,1H3. The number of nitriles is 1. The maximum absolute atomic E-state index is 15.8. The molecule has 0 saturated carbocycles. The van der Waals surface area contributed by atoms with Gasteiger partial charge in [-0.25, -0.2) is 27.5 Å². The highest BCUT2D eigenvalue weighted by Gasteiger charge is 2.46. The molecule has 0 N–H and O–H groups in total. The molecule has 4 aromatic rings. The van der Waals surface area contributed by atoms with E-state index in [2.05, 4.69) is 11.0 Å². The van der Waals surface area contributed by atoms with Crippen molar-refractivity contribution >= 4 is 44.7 Å². The Balaban J connectivity index is 1.19. The van der Waals surface area contributed by atoms with Crippen molar-refractivity contribution < 1.29 is 22.4 Å². The van der Waals surface area contributed by atoms with Gasteiger partial charge in [0.2, 0.25) is 5.91 Å². The molecule has 1 amide bonds. The summed E-state index contributed by atoms with van der Waals surface area (Å²) in [5.41, 5.74) is 4.73. The van der Waals surface area contributed by atoms with Crippen LogP contribution in [0, 0.1) is 23.0 Å². The van der Waals surface area contributed by atoms with Crippen LogP contribution in [0.2, 0.25) is 0 Å². The Morgan fingerprint density at radius 2 is 1.80 bits per heavy atom. The van der Waals surface area contributed by atoms with E-state index in [-0.39, 0.29) is 23.8 Å². The lowest BCUT2D eigenvalue weighted by Gasteiger charge is -2.41. The number of benzene rings is 2. The van der Waals surface area contributed by atoms with E-state index < -0.39 is 24.8 Å². The highest BCUT2D eigenvalue weighted by Crippen LogP contribution is 2.43. The van der Waals surface area contributed by atoms with Crippen molar-refractivity contribution in [3.05, 3.63) is 64.2 Å². The Labute approximate surface area is 261 Å². The molecule has 3 aliphatic rings. The van der Waals surface area contributed by atoms with Gasteiger partial charge in [-0.1, -0.05) is 11.3 Å². The predicted molar refractivity (Wildman–Crippen MR) is 164 cm³/mol. The van der Waals surface area contributed by atoms with E-state index in [1.807, 2.05) is 22.9 Å². The van der Waals surface area contributed by atoms with Crippen molar-refractivity contribution in [1.82, 2.24) is 19.8 Å². The Bertz CT molecular complexity index is 1840. The average Bonchev–Trinajstić information content (AvgIpc) is 3.66. The molecule has 45 heavy (non-hydrogen) atoms. The summed E-state index contributed by atoms with van der Waals surface area (Å²) in [6.45, 7) is 1.18. The van der Waals surface area contributed by atoms with Gasteiger partial charge in [0.05, 0.1) is 25.3 Å². The lowest BCUT2D eigenvalue weighted by Crippen LogP contribution is -2.61. The monoisotopic (exact) mass is 635 g/mol. The van der Waals surface area contributed by atoms with Gasteiger partial charge in [0.1, 0.15) is 28.0 Å². The topological polar surface area (TPSA) is 79.6 Å². The second-order valence-electron chi connectivity index (χ2n) is 11.8. The van der Waals surface area contributed by atoms with Crippen LogP contribution in [0.15, 0.2) is 36.4 Å². The largest absolute Gasteiger partial charge is 0.369 e. The number of fused-ring (bicyclic) bond motifs is 2. The number of carbonyl (C=O) groups excluding carboxylic acids is 1. The summed E-state index contributed by atoms with van der Waals surface area (Å²) in [4.78, 5) is 29.4. The van der Waals surface area contributed by atoms with Crippen LogP contribution in [0.1, 0.15) is 22.6 Å². The van der Waals surface area contributed by atoms with Gasteiger partial charge in [-0.15, -0.1) is 0 Å². The molecule has 0 unspecified atom stereocenters. The quantitative estimate of drug-likeness (QED) is 0.264. The van der Waals surface area contributed by atoms with Gasteiger partial charge in [-0.3, -0.25) is 9.69 Å². The van der Waals surface area contributed by atoms with Gasteiger partial charge < -0.3 is 14.7 Å². The zero-order chi connectivity index (χ0) is 31.5. The Kier molecular flexibility index (Phi) is 7.37. The van der Waals surface area contributed by atoms with E-state index in [0.29, 0.717) is 58.5 Å². The summed E-state index contributed by atoms with van der Waals surface area (Å²) >= 11 is 1.22.